The summed E-state index contributed by atoms with van der Waals surface area (Å²) in [6.07, 6.45) is 3.85. The van der Waals surface area contributed by atoms with Gasteiger partial charge in [-0.1, -0.05) is 48.5 Å². The Bertz CT molecular complexity index is 819. The molecule has 5 rings (SSSR count). The average Bonchev–Trinajstić information content (AvgIpc) is 3.46. The van der Waals surface area contributed by atoms with E-state index in [-0.39, 0.29) is 11.5 Å². The second-order valence-corrected chi connectivity index (χ2v) is 8.31. The molecule has 0 N–H and O–H groups in total. The van der Waals surface area contributed by atoms with Crippen LogP contribution in [0.15, 0.2) is 60.7 Å². The van der Waals surface area contributed by atoms with Crippen LogP contribution in [0.3, 0.4) is 0 Å². The topological polar surface area (TPSA) is 32.8 Å². The Labute approximate surface area is 160 Å². The highest BCUT2D eigenvalue weighted by Crippen LogP contribution is 2.50. The van der Waals surface area contributed by atoms with Crippen molar-refractivity contribution >= 4 is 11.6 Å². The smallest absolute Gasteiger partial charge is 0.259 e. The third kappa shape index (κ3) is 3.17. The summed E-state index contributed by atoms with van der Waals surface area (Å²) in [5, 5.41) is 0. The summed E-state index contributed by atoms with van der Waals surface area (Å²) in [4.78, 5) is 17.6. The van der Waals surface area contributed by atoms with Gasteiger partial charge in [0.1, 0.15) is 11.2 Å². The van der Waals surface area contributed by atoms with Crippen molar-refractivity contribution in [2.24, 2.45) is 0 Å². The van der Waals surface area contributed by atoms with Crippen molar-refractivity contribution in [3.05, 3.63) is 66.2 Å². The number of hydrogen-bond acceptors (Lipinski definition) is 3. The fourth-order valence-corrected chi connectivity index (χ4v) is 4.72. The molecule has 1 saturated carbocycles. The Balaban J connectivity index is 1.40. The average molecular weight is 362 g/mol. The molecule has 3 aliphatic rings. The van der Waals surface area contributed by atoms with Crippen LogP contribution in [0.5, 0.6) is 0 Å². The van der Waals surface area contributed by atoms with E-state index in [1.165, 1.54) is 5.56 Å². The van der Waals surface area contributed by atoms with Crippen LogP contribution in [0, 0.1) is 0 Å². The number of carbonyl (C=O) groups excluding carboxylic acids is 1. The molecule has 1 atom stereocenters. The first-order chi connectivity index (χ1) is 13.2. The molecule has 0 radical (unpaired) electrons. The zero-order valence-corrected chi connectivity index (χ0v) is 15.6. The number of hydrogen-bond donors (Lipinski definition) is 0. The summed E-state index contributed by atoms with van der Waals surface area (Å²) in [6.45, 7) is 3.58. The second kappa shape index (κ2) is 6.47. The molecule has 1 aliphatic carbocycles. The van der Waals surface area contributed by atoms with E-state index in [1.54, 1.807) is 0 Å². The molecule has 2 saturated heterocycles. The lowest BCUT2D eigenvalue weighted by Crippen LogP contribution is -2.65. The molecular weight excluding hydrogens is 336 g/mol. The zero-order valence-electron chi connectivity index (χ0n) is 15.6. The van der Waals surface area contributed by atoms with Crippen molar-refractivity contribution in [1.29, 1.82) is 0 Å². The van der Waals surface area contributed by atoms with Gasteiger partial charge in [-0.2, -0.15) is 0 Å². The SMILES string of the molecule is O=C1N(c2ccccc2)CC2(CCCN(Cc3ccccc3)C2)OC12CC2. The predicted octanol–water partition coefficient (Wildman–Crippen LogP) is 3.62. The minimum absolute atomic E-state index is 0.152. The number of rotatable bonds is 3. The van der Waals surface area contributed by atoms with E-state index in [9.17, 15) is 4.79 Å². The Hall–Kier alpha value is -2.17. The summed E-state index contributed by atoms with van der Waals surface area (Å²) in [6, 6.07) is 20.7. The van der Waals surface area contributed by atoms with Crippen LogP contribution in [0.2, 0.25) is 0 Å². The molecule has 0 aromatic heterocycles. The third-order valence-electron chi connectivity index (χ3n) is 6.13. The van der Waals surface area contributed by atoms with E-state index >= 15 is 0 Å². The van der Waals surface area contributed by atoms with Gasteiger partial charge < -0.3 is 9.64 Å². The van der Waals surface area contributed by atoms with Crippen LogP contribution in [0.25, 0.3) is 0 Å². The number of amides is 1. The highest BCUT2D eigenvalue weighted by Gasteiger charge is 2.62. The van der Waals surface area contributed by atoms with Gasteiger partial charge in [0.25, 0.3) is 5.91 Å². The first kappa shape index (κ1) is 17.0. The minimum atomic E-state index is -0.566. The van der Waals surface area contributed by atoms with Crippen molar-refractivity contribution in [2.75, 3.05) is 24.5 Å². The number of nitrogens with zero attached hydrogens (tertiary/aromatic N) is 2. The predicted molar refractivity (Wildman–Crippen MR) is 106 cm³/mol. The van der Waals surface area contributed by atoms with Crippen molar-refractivity contribution in [2.45, 2.75) is 43.4 Å². The molecule has 2 aromatic rings. The first-order valence-electron chi connectivity index (χ1n) is 10.0. The molecule has 4 heteroatoms. The molecule has 0 bridgehead atoms. The molecule has 4 nitrogen and oxygen atoms in total. The molecule has 2 aromatic carbocycles. The maximum absolute atomic E-state index is 13.1. The van der Waals surface area contributed by atoms with E-state index in [4.69, 9.17) is 4.74 Å². The van der Waals surface area contributed by atoms with E-state index in [0.29, 0.717) is 6.54 Å². The maximum Gasteiger partial charge on any atom is 0.259 e. The van der Waals surface area contributed by atoms with Crippen LogP contribution >= 0.6 is 0 Å². The fraction of sp³-hybridized carbons (Fsp3) is 0.435. The van der Waals surface area contributed by atoms with Crippen molar-refractivity contribution in [3.8, 4) is 0 Å². The molecule has 2 spiro atoms. The summed E-state index contributed by atoms with van der Waals surface area (Å²) in [7, 11) is 0. The number of ether oxygens (including phenoxy) is 1. The fourth-order valence-electron chi connectivity index (χ4n) is 4.72. The quantitative estimate of drug-likeness (QED) is 0.836. The third-order valence-corrected chi connectivity index (χ3v) is 6.13. The molecule has 1 unspecified atom stereocenters. The van der Waals surface area contributed by atoms with Gasteiger partial charge in [0.05, 0.1) is 6.54 Å². The zero-order chi connectivity index (χ0) is 18.3. The summed E-state index contributed by atoms with van der Waals surface area (Å²) in [5.74, 6) is 0.152. The van der Waals surface area contributed by atoms with Gasteiger partial charge in [0.15, 0.2) is 0 Å². The summed E-state index contributed by atoms with van der Waals surface area (Å²) < 4.78 is 6.61. The van der Waals surface area contributed by atoms with Gasteiger partial charge in [-0.3, -0.25) is 9.69 Å². The van der Waals surface area contributed by atoms with E-state index in [0.717, 1.165) is 51.0 Å². The van der Waals surface area contributed by atoms with Crippen molar-refractivity contribution in [1.82, 2.24) is 4.90 Å². The molecule has 2 aliphatic heterocycles. The van der Waals surface area contributed by atoms with E-state index in [2.05, 4.69) is 35.2 Å². The maximum atomic E-state index is 13.1. The normalized spacial score (nSPS) is 27.3. The highest BCUT2D eigenvalue weighted by atomic mass is 16.5. The molecule has 3 fully saturated rings. The molecule has 140 valence electrons. The van der Waals surface area contributed by atoms with Gasteiger partial charge in [0.2, 0.25) is 0 Å². The molecule has 2 heterocycles. The van der Waals surface area contributed by atoms with Gasteiger partial charge in [-0.25, -0.2) is 0 Å². The standard InChI is InChI=1S/C23H26N2O2/c26-21-23(13-14-23)27-22(18-25(21)20-10-5-2-6-11-20)12-7-15-24(17-22)16-19-8-3-1-4-9-19/h1-6,8-11H,7,12-18H2. The largest absolute Gasteiger partial charge is 0.355 e. The monoisotopic (exact) mass is 362 g/mol. The van der Waals surface area contributed by atoms with Crippen LogP contribution < -0.4 is 4.90 Å². The number of piperidine rings is 1. The number of carbonyl (C=O) groups is 1. The number of benzene rings is 2. The van der Waals surface area contributed by atoms with Crippen molar-refractivity contribution in [3.63, 3.8) is 0 Å². The summed E-state index contributed by atoms with van der Waals surface area (Å²) in [5.41, 5.74) is 1.51. The highest BCUT2D eigenvalue weighted by molar-refractivity contribution is 6.02. The summed E-state index contributed by atoms with van der Waals surface area (Å²) >= 11 is 0. The Morgan fingerprint density at radius 2 is 1.59 bits per heavy atom. The lowest BCUT2D eigenvalue weighted by Gasteiger charge is -2.50. The van der Waals surface area contributed by atoms with Crippen LogP contribution in [0.1, 0.15) is 31.2 Å². The van der Waals surface area contributed by atoms with Gasteiger partial charge in [0, 0.05) is 18.8 Å². The lowest BCUT2D eigenvalue weighted by molar-refractivity contribution is -0.174. The lowest BCUT2D eigenvalue weighted by atomic mass is 9.88. The molecular formula is C23H26N2O2. The van der Waals surface area contributed by atoms with E-state index in [1.807, 2.05) is 35.2 Å². The van der Waals surface area contributed by atoms with Gasteiger partial charge in [-0.15, -0.1) is 0 Å². The van der Waals surface area contributed by atoms with Gasteiger partial charge >= 0.3 is 0 Å². The Morgan fingerprint density at radius 1 is 0.889 bits per heavy atom. The van der Waals surface area contributed by atoms with Crippen LogP contribution in [0.4, 0.5) is 5.69 Å². The van der Waals surface area contributed by atoms with Crippen molar-refractivity contribution < 1.29 is 9.53 Å². The Kier molecular flexibility index (Phi) is 4.06. The van der Waals surface area contributed by atoms with Crippen LogP contribution in [-0.4, -0.2) is 41.6 Å². The molecule has 1 amide bonds. The number of likely N-dealkylation sites (tertiary alicyclic amines) is 1. The van der Waals surface area contributed by atoms with Crippen LogP contribution in [-0.2, 0) is 16.1 Å². The second-order valence-electron chi connectivity index (χ2n) is 8.31. The Morgan fingerprint density at radius 3 is 2.30 bits per heavy atom. The number of morpholine rings is 1. The van der Waals surface area contributed by atoms with Gasteiger partial charge in [-0.05, 0) is 49.9 Å². The number of para-hydroxylation sites is 1. The first-order valence-corrected chi connectivity index (χ1v) is 10.0. The minimum Gasteiger partial charge on any atom is -0.355 e. The number of anilines is 1. The molecule has 27 heavy (non-hydrogen) atoms. The van der Waals surface area contributed by atoms with E-state index < -0.39 is 5.60 Å².